The zero-order valence-electron chi connectivity index (χ0n) is 16.2. The summed E-state index contributed by atoms with van der Waals surface area (Å²) in [5.41, 5.74) is 5.17. The number of ether oxygens (including phenoxy) is 1. The minimum Gasteiger partial charge on any atom is -0.379 e. The first-order chi connectivity index (χ1) is 13.9. The average Bonchev–Trinajstić information content (AvgIpc) is 3.39. The largest absolute Gasteiger partial charge is 0.379 e. The van der Waals surface area contributed by atoms with E-state index in [1.165, 1.54) is 40.6 Å². The van der Waals surface area contributed by atoms with Gasteiger partial charge < -0.3 is 4.74 Å². The smallest absolute Gasteiger partial charge is 0.0695 e. The molecule has 5 rings (SSSR count). The molecule has 1 aromatic carbocycles. The lowest BCUT2D eigenvalue weighted by molar-refractivity contribution is 0.0339. The molecule has 0 amide bonds. The number of hydrogen-bond acceptors (Lipinski definition) is 5. The van der Waals surface area contributed by atoms with Gasteiger partial charge in [0.05, 0.1) is 31.1 Å². The maximum Gasteiger partial charge on any atom is 0.0695 e. The van der Waals surface area contributed by atoms with Crippen LogP contribution in [0.2, 0.25) is 0 Å². The predicted molar refractivity (Wildman–Crippen MR) is 108 cm³/mol. The number of benzene rings is 1. The lowest BCUT2D eigenvalue weighted by Gasteiger charge is -2.33. The fourth-order valence-electron chi connectivity index (χ4n) is 4.64. The highest BCUT2D eigenvalue weighted by Gasteiger charge is 2.26. The summed E-state index contributed by atoms with van der Waals surface area (Å²) in [6.45, 7) is 7.84. The van der Waals surface area contributed by atoms with Crippen LogP contribution in [0.5, 0.6) is 0 Å². The van der Waals surface area contributed by atoms with E-state index >= 15 is 0 Å². The molecule has 2 aliphatic rings. The molecule has 7 nitrogen and oxygen atoms in total. The van der Waals surface area contributed by atoms with E-state index in [9.17, 15) is 0 Å². The highest BCUT2D eigenvalue weighted by atomic mass is 16.5. The normalized spacial score (nSPS) is 22.1. The summed E-state index contributed by atoms with van der Waals surface area (Å²) in [6, 6.07) is 6.46. The van der Waals surface area contributed by atoms with Gasteiger partial charge in [-0.3, -0.25) is 20.0 Å². The quantitative estimate of drug-likeness (QED) is 0.712. The molecule has 1 atom stereocenters. The second kappa shape index (κ2) is 8.03. The van der Waals surface area contributed by atoms with E-state index in [1.807, 2.05) is 12.4 Å². The molecular formula is C21H28N6O. The molecule has 2 N–H and O–H groups in total. The topological polar surface area (TPSA) is 73.1 Å². The highest BCUT2D eigenvalue weighted by molar-refractivity contribution is 5.81. The lowest BCUT2D eigenvalue weighted by atomic mass is 9.92. The summed E-state index contributed by atoms with van der Waals surface area (Å²) in [5.74, 6) is 0.522. The minimum atomic E-state index is 0.522. The molecule has 0 spiro atoms. The van der Waals surface area contributed by atoms with Gasteiger partial charge in [0.15, 0.2) is 0 Å². The maximum absolute atomic E-state index is 5.48. The molecule has 4 heterocycles. The number of aromatic nitrogens is 4. The van der Waals surface area contributed by atoms with Crippen molar-refractivity contribution < 1.29 is 4.74 Å². The zero-order valence-corrected chi connectivity index (χ0v) is 16.2. The average molecular weight is 380 g/mol. The Morgan fingerprint density at radius 3 is 2.75 bits per heavy atom. The van der Waals surface area contributed by atoms with Crippen molar-refractivity contribution in [2.45, 2.75) is 31.8 Å². The number of nitrogens with one attached hydrogen (secondary N) is 2. The maximum atomic E-state index is 5.48. The molecule has 7 heteroatoms. The lowest BCUT2D eigenvalue weighted by Crippen LogP contribution is -2.37. The van der Waals surface area contributed by atoms with E-state index < -0.39 is 0 Å². The van der Waals surface area contributed by atoms with Gasteiger partial charge in [-0.15, -0.1) is 0 Å². The van der Waals surface area contributed by atoms with E-state index in [-0.39, 0.29) is 0 Å². The third-order valence-electron chi connectivity index (χ3n) is 6.12. The molecule has 0 radical (unpaired) electrons. The second-order valence-corrected chi connectivity index (χ2v) is 8.02. The van der Waals surface area contributed by atoms with Crippen molar-refractivity contribution in [3.05, 3.63) is 47.4 Å². The molecule has 3 aromatic rings. The summed E-state index contributed by atoms with van der Waals surface area (Å²) in [7, 11) is 0. The van der Waals surface area contributed by atoms with Gasteiger partial charge in [0, 0.05) is 55.3 Å². The SMILES string of the molecule is c1cc(CN2CCCC(c3[nH]ncc3CN3CCOCC3)C2)c2[nH]ncc2c1. The molecule has 2 fully saturated rings. The van der Waals surface area contributed by atoms with E-state index in [1.54, 1.807) is 0 Å². The number of aromatic amines is 2. The number of fused-ring (bicyclic) bond motifs is 1. The molecule has 2 aliphatic heterocycles. The van der Waals surface area contributed by atoms with Crippen LogP contribution in [0.1, 0.15) is 35.6 Å². The van der Waals surface area contributed by atoms with E-state index in [0.29, 0.717) is 5.92 Å². The standard InChI is InChI=1S/C21H28N6O/c1-3-16-11-22-24-20(16)17(4-1)13-27-6-2-5-18(14-27)21-19(12-23-25-21)15-26-7-9-28-10-8-26/h1,3-4,11-12,18H,2,5-10,13-15H2,(H,22,24)(H,23,25). The molecule has 28 heavy (non-hydrogen) atoms. The number of hydrogen-bond donors (Lipinski definition) is 2. The van der Waals surface area contributed by atoms with E-state index in [4.69, 9.17) is 4.74 Å². The molecule has 0 saturated carbocycles. The Morgan fingerprint density at radius 1 is 0.964 bits per heavy atom. The summed E-state index contributed by atoms with van der Waals surface area (Å²) in [6.07, 6.45) is 6.37. The van der Waals surface area contributed by atoms with E-state index in [0.717, 1.165) is 52.5 Å². The number of likely N-dealkylation sites (tertiary alicyclic amines) is 1. The fraction of sp³-hybridized carbons (Fsp3) is 0.524. The summed E-state index contributed by atoms with van der Waals surface area (Å²) >= 11 is 0. The Kier molecular flexibility index (Phi) is 5.12. The third kappa shape index (κ3) is 3.70. The molecule has 0 aliphatic carbocycles. The fourth-order valence-corrected chi connectivity index (χ4v) is 4.64. The summed E-state index contributed by atoms with van der Waals surface area (Å²) in [4.78, 5) is 5.04. The molecule has 2 aromatic heterocycles. The molecule has 2 saturated heterocycles. The van der Waals surface area contributed by atoms with Crippen molar-refractivity contribution >= 4 is 10.9 Å². The van der Waals surface area contributed by atoms with E-state index in [2.05, 4.69) is 48.4 Å². The Labute approximate surface area is 165 Å². The van der Waals surface area contributed by atoms with Crippen molar-refractivity contribution in [1.82, 2.24) is 30.2 Å². The Morgan fingerprint density at radius 2 is 1.82 bits per heavy atom. The number of H-pyrrole nitrogens is 2. The van der Waals surface area contributed by atoms with Crippen molar-refractivity contribution in [2.24, 2.45) is 0 Å². The first-order valence-electron chi connectivity index (χ1n) is 10.3. The van der Waals surface area contributed by atoms with Crippen molar-refractivity contribution in [3.8, 4) is 0 Å². The molecular weight excluding hydrogens is 352 g/mol. The van der Waals surface area contributed by atoms with Crippen LogP contribution in [-0.4, -0.2) is 69.6 Å². The zero-order chi connectivity index (χ0) is 18.8. The third-order valence-corrected chi connectivity index (χ3v) is 6.12. The van der Waals surface area contributed by atoms with Crippen LogP contribution in [0.4, 0.5) is 0 Å². The minimum absolute atomic E-state index is 0.522. The van der Waals surface area contributed by atoms with Crippen LogP contribution in [0.3, 0.4) is 0 Å². The molecule has 0 bridgehead atoms. The molecule has 148 valence electrons. The van der Waals surface area contributed by atoms with Crippen LogP contribution in [0.15, 0.2) is 30.6 Å². The van der Waals surface area contributed by atoms with Crippen LogP contribution in [-0.2, 0) is 17.8 Å². The van der Waals surface area contributed by atoms with Crippen molar-refractivity contribution in [2.75, 3.05) is 39.4 Å². The number of morpholine rings is 1. The van der Waals surface area contributed by atoms with Gasteiger partial charge in [0.25, 0.3) is 0 Å². The number of piperidine rings is 1. The van der Waals surface area contributed by atoms with Gasteiger partial charge in [0.1, 0.15) is 0 Å². The van der Waals surface area contributed by atoms with Gasteiger partial charge in [0.2, 0.25) is 0 Å². The van der Waals surface area contributed by atoms with Crippen molar-refractivity contribution in [1.29, 1.82) is 0 Å². The van der Waals surface area contributed by atoms with Crippen LogP contribution in [0, 0.1) is 0 Å². The Balaban J connectivity index is 1.28. The Bertz CT molecular complexity index is 912. The van der Waals surface area contributed by atoms with Crippen LogP contribution >= 0.6 is 0 Å². The Hall–Kier alpha value is -2.22. The molecule has 1 unspecified atom stereocenters. The summed E-state index contributed by atoms with van der Waals surface area (Å²) < 4.78 is 5.48. The second-order valence-electron chi connectivity index (χ2n) is 8.02. The van der Waals surface area contributed by atoms with Crippen LogP contribution < -0.4 is 0 Å². The monoisotopic (exact) mass is 380 g/mol. The van der Waals surface area contributed by atoms with Gasteiger partial charge >= 0.3 is 0 Å². The van der Waals surface area contributed by atoms with Gasteiger partial charge in [-0.2, -0.15) is 10.2 Å². The van der Waals surface area contributed by atoms with Gasteiger partial charge in [-0.25, -0.2) is 0 Å². The first kappa shape index (κ1) is 17.8. The summed E-state index contributed by atoms with van der Waals surface area (Å²) in [5, 5.41) is 16.3. The van der Waals surface area contributed by atoms with Gasteiger partial charge in [-0.1, -0.05) is 18.2 Å². The first-order valence-corrected chi connectivity index (χ1v) is 10.3. The van der Waals surface area contributed by atoms with Crippen LogP contribution in [0.25, 0.3) is 10.9 Å². The van der Waals surface area contributed by atoms with Gasteiger partial charge in [-0.05, 0) is 24.9 Å². The highest BCUT2D eigenvalue weighted by Crippen LogP contribution is 2.30. The van der Waals surface area contributed by atoms with Crippen molar-refractivity contribution in [3.63, 3.8) is 0 Å². The predicted octanol–water partition coefficient (Wildman–Crippen LogP) is 2.50. The number of rotatable bonds is 5. The number of para-hydroxylation sites is 1. The number of nitrogens with zero attached hydrogens (tertiary/aromatic N) is 4.